The van der Waals surface area contributed by atoms with Crippen LogP contribution in [0.2, 0.25) is 0 Å². The highest BCUT2D eigenvalue weighted by molar-refractivity contribution is 7.91. The van der Waals surface area contributed by atoms with Crippen LogP contribution >= 0.6 is 11.3 Å². The van der Waals surface area contributed by atoms with Gasteiger partial charge in [0.25, 0.3) is 5.91 Å². The Morgan fingerprint density at radius 1 is 1.15 bits per heavy atom. The Morgan fingerprint density at radius 3 is 2.58 bits per heavy atom. The molecule has 0 saturated carbocycles. The largest absolute Gasteiger partial charge is 0.493 e. The fraction of sp³-hybridized carbons (Fsp3) is 0.304. The minimum atomic E-state index is -3.51. The fourth-order valence-electron chi connectivity index (χ4n) is 3.64. The number of amides is 1. The molecule has 174 valence electrons. The highest BCUT2D eigenvalue weighted by Crippen LogP contribution is 2.30. The van der Waals surface area contributed by atoms with Crippen molar-refractivity contribution < 1.29 is 22.7 Å². The van der Waals surface area contributed by atoms with Crippen molar-refractivity contribution in [2.75, 3.05) is 20.2 Å². The normalized spacial score (nSPS) is 14.8. The number of hydrogen-bond acceptors (Lipinski definition) is 7. The highest BCUT2D eigenvalue weighted by atomic mass is 32.2. The molecule has 0 radical (unpaired) electrons. The quantitative estimate of drug-likeness (QED) is 0.524. The topological polar surface area (TPSA) is 97.8 Å². The number of aromatic nitrogens is 1. The lowest BCUT2D eigenvalue weighted by molar-refractivity contribution is 0.0711. The first kappa shape index (κ1) is 23.2. The number of ether oxygens (including phenoxy) is 2. The zero-order valence-corrected chi connectivity index (χ0v) is 19.8. The number of carbonyl (C=O) groups excluding carboxylic acids is 1. The number of nitrogens with zero attached hydrogens (tertiary/aromatic N) is 2. The average Bonchev–Trinajstić information content (AvgIpc) is 3.39. The molecule has 3 heterocycles. The van der Waals surface area contributed by atoms with E-state index in [1.54, 1.807) is 53.0 Å². The summed E-state index contributed by atoms with van der Waals surface area (Å²) in [6, 6.07) is 12.0. The smallest absolute Gasteiger partial charge is 0.253 e. The number of hydrogen-bond donors (Lipinski definition) is 1. The predicted octanol–water partition coefficient (Wildman–Crippen LogP) is 3.31. The summed E-state index contributed by atoms with van der Waals surface area (Å²) >= 11 is 1.19. The third-order valence-corrected chi connectivity index (χ3v) is 8.34. The van der Waals surface area contributed by atoms with Crippen LogP contribution in [-0.2, 0) is 16.6 Å². The number of benzene rings is 1. The van der Waals surface area contributed by atoms with E-state index in [4.69, 9.17) is 9.47 Å². The third kappa shape index (κ3) is 5.70. The van der Waals surface area contributed by atoms with Crippen molar-refractivity contribution >= 4 is 27.3 Å². The number of nitrogens with one attached hydrogen (secondary N) is 1. The summed E-state index contributed by atoms with van der Waals surface area (Å²) in [5.74, 6) is 0.912. The van der Waals surface area contributed by atoms with Crippen LogP contribution in [0, 0.1) is 0 Å². The van der Waals surface area contributed by atoms with Crippen LogP contribution in [0.4, 0.5) is 0 Å². The molecule has 1 N–H and O–H groups in total. The Bertz CT molecular complexity index is 1180. The highest BCUT2D eigenvalue weighted by Gasteiger charge is 2.28. The molecule has 4 rings (SSSR count). The molecule has 0 aliphatic carbocycles. The van der Waals surface area contributed by atoms with Gasteiger partial charge in [0.1, 0.15) is 10.8 Å². The van der Waals surface area contributed by atoms with E-state index < -0.39 is 10.0 Å². The molecule has 1 aliphatic rings. The molecule has 0 bridgehead atoms. The van der Waals surface area contributed by atoms with Crippen LogP contribution in [0.1, 0.15) is 28.8 Å². The van der Waals surface area contributed by atoms with Gasteiger partial charge in [-0.05, 0) is 60.2 Å². The van der Waals surface area contributed by atoms with Crippen molar-refractivity contribution in [1.82, 2.24) is 14.6 Å². The lowest BCUT2D eigenvalue weighted by Gasteiger charge is -2.32. The Hall–Kier alpha value is -2.95. The number of carbonyl (C=O) groups is 1. The monoisotopic (exact) mass is 487 g/mol. The van der Waals surface area contributed by atoms with Gasteiger partial charge in [-0.15, -0.1) is 11.3 Å². The zero-order chi connectivity index (χ0) is 23.3. The summed E-state index contributed by atoms with van der Waals surface area (Å²) in [4.78, 5) is 18.7. The Balaban J connectivity index is 1.35. The first-order valence-electron chi connectivity index (χ1n) is 10.5. The number of methoxy groups -OCH3 is 1. The van der Waals surface area contributed by atoms with Gasteiger partial charge in [0.15, 0.2) is 11.5 Å². The van der Waals surface area contributed by atoms with Crippen molar-refractivity contribution in [3.05, 3.63) is 71.4 Å². The SMILES string of the molecule is COc1cc(C(=O)N2CCC(NS(=O)(=O)c3cccs3)CC2)ccc1OCc1ccncc1. The Morgan fingerprint density at radius 2 is 1.91 bits per heavy atom. The molecule has 1 aliphatic heterocycles. The molecule has 33 heavy (non-hydrogen) atoms. The van der Waals surface area contributed by atoms with Crippen LogP contribution in [0.5, 0.6) is 11.5 Å². The van der Waals surface area contributed by atoms with E-state index in [0.717, 1.165) is 5.56 Å². The zero-order valence-electron chi connectivity index (χ0n) is 18.1. The van der Waals surface area contributed by atoms with Crippen LogP contribution in [0.25, 0.3) is 0 Å². The van der Waals surface area contributed by atoms with Crippen molar-refractivity contribution in [3.63, 3.8) is 0 Å². The molecular weight excluding hydrogens is 462 g/mol. The average molecular weight is 488 g/mol. The number of thiophene rings is 1. The molecule has 0 atom stereocenters. The summed E-state index contributed by atoms with van der Waals surface area (Å²) in [6.45, 7) is 1.30. The maximum absolute atomic E-state index is 13.0. The molecule has 1 amide bonds. The second-order valence-corrected chi connectivity index (χ2v) is 10.5. The van der Waals surface area contributed by atoms with Crippen LogP contribution in [-0.4, -0.2) is 50.5 Å². The van der Waals surface area contributed by atoms with E-state index in [-0.39, 0.29) is 11.9 Å². The van der Waals surface area contributed by atoms with Gasteiger partial charge < -0.3 is 14.4 Å². The molecule has 1 saturated heterocycles. The molecule has 1 fully saturated rings. The Labute approximate surface area is 197 Å². The van der Waals surface area contributed by atoms with Gasteiger partial charge in [-0.1, -0.05) is 6.07 Å². The molecule has 10 heteroatoms. The summed E-state index contributed by atoms with van der Waals surface area (Å²) < 4.78 is 39.2. The van der Waals surface area contributed by atoms with Gasteiger partial charge >= 0.3 is 0 Å². The van der Waals surface area contributed by atoms with Gasteiger partial charge in [0.2, 0.25) is 10.0 Å². The van der Waals surface area contributed by atoms with E-state index in [9.17, 15) is 13.2 Å². The molecule has 0 spiro atoms. The van der Waals surface area contributed by atoms with Gasteiger partial charge in [-0.3, -0.25) is 9.78 Å². The van der Waals surface area contributed by atoms with E-state index in [0.29, 0.717) is 53.8 Å². The van der Waals surface area contributed by atoms with E-state index in [1.807, 2.05) is 12.1 Å². The van der Waals surface area contributed by atoms with Gasteiger partial charge in [0.05, 0.1) is 7.11 Å². The molecular formula is C23H25N3O5S2. The molecule has 3 aromatic rings. The molecule has 2 aromatic heterocycles. The lowest BCUT2D eigenvalue weighted by atomic mass is 10.0. The van der Waals surface area contributed by atoms with E-state index in [1.165, 1.54) is 18.4 Å². The lowest BCUT2D eigenvalue weighted by Crippen LogP contribution is -2.46. The maximum atomic E-state index is 13.0. The number of rotatable bonds is 8. The minimum absolute atomic E-state index is 0.117. The maximum Gasteiger partial charge on any atom is 0.253 e. The van der Waals surface area contributed by atoms with E-state index >= 15 is 0 Å². The molecule has 8 nitrogen and oxygen atoms in total. The van der Waals surface area contributed by atoms with Crippen LogP contribution in [0.3, 0.4) is 0 Å². The number of likely N-dealkylation sites (tertiary alicyclic amines) is 1. The van der Waals surface area contributed by atoms with Gasteiger partial charge in [0, 0.05) is 37.1 Å². The third-order valence-electron chi connectivity index (χ3n) is 5.42. The van der Waals surface area contributed by atoms with Crippen molar-refractivity contribution in [2.45, 2.75) is 29.7 Å². The number of piperidine rings is 1. The number of sulfonamides is 1. The standard InChI is InChI=1S/C23H25N3O5S2/c1-30-21-15-18(4-5-20(21)31-16-17-6-10-24-11-7-17)23(27)26-12-8-19(9-13-26)25-33(28,29)22-3-2-14-32-22/h2-7,10-11,14-15,19,25H,8-9,12-13,16H2,1H3. The van der Waals surface area contributed by atoms with Gasteiger partial charge in [-0.25, -0.2) is 13.1 Å². The second kappa shape index (κ2) is 10.3. The Kier molecular flexibility index (Phi) is 7.26. The summed E-state index contributed by atoms with van der Waals surface area (Å²) in [5, 5.41) is 1.74. The first-order valence-corrected chi connectivity index (χ1v) is 12.9. The van der Waals surface area contributed by atoms with Crippen molar-refractivity contribution in [1.29, 1.82) is 0 Å². The van der Waals surface area contributed by atoms with E-state index in [2.05, 4.69) is 9.71 Å². The summed E-state index contributed by atoms with van der Waals surface area (Å²) in [6.07, 6.45) is 4.52. The van der Waals surface area contributed by atoms with Crippen molar-refractivity contribution in [3.8, 4) is 11.5 Å². The summed E-state index contributed by atoms with van der Waals surface area (Å²) in [7, 11) is -1.98. The molecule has 0 unspecified atom stereocenters. The minimum Gasteiger partial charge on any atom is -0.493 e. The van der Waals surface area contributed by atoms with Crippen LogP contribution in [0.15, 0.2) is 64.4 Å². The second-order valence-electron chi connectivity index (χ2n) is 7.63. The van der Waals surface area contributed by atoms with Crippen molar-refractivity contribution in [2.24, 2.45) is 0 Å². The first-order chi connectivity index (χ1) is 16.0. The van der Waals surface area contributed by atoms with Gasteiger partial charge in [-0.2, -0.15) is 0 Å². The number of pyridine rings is 1. The predicted molar refractivity (Wildman–Crippen MR) is 125 cm³/mol. The van der Waals surface area contributed by atoms with Crippen LogP contribution < -0.4 is 14.2 Å². The molecule has 1 aromatic carbocycles. The summed E-state index contributed by atoms with van der Waals surface area (Å²) in [5.41, 5.74) is 1.48. The fourth-order valence-corrected chi connectivity index (χ4v) is 5.95.